The summed E-state index contributed by atoms with van der Waals surface area (Å²) in [7, 11) is 0. The molecule has 0 radical (unpaired) electrons. The van der Waals surface area contributed by atoms with Crippen molar-refractivity contribution in [2.45, 2.75) is 51.9 Å². The minimum atomic E-state index is 0.968. The Morgan fingerprint density at radius 2 is 2.06 bits per heavy atom. The summed E-state index contributed by atoms with van der Waals surface area (Å²) in [6, 6.07) is 0. The second-order valence-electron chi connectivity index (χ2n) is 6.07. The summed E-state index contributed by atoms with van der Waals surface area (Å²) in [5.41, 5.74) is 0. The van der Waals surface area contributed by atoms with E-state index in [4.69, 9.17) is 0 Å². The van der Waals surface area contributed by atoms with Gasteiger partial charge in [0.2, 0.25) is 0 Å². The maximum Gasteiger partial charge on any atom is 0.000956 e. The zero-order chi connectivity index (χ0) is 11.9. The average Bonchev–Trinajstić information content (AvgIpc) is 2.40. The summed E-state index contributed by atoms with van der Waals surface area (Å²) in [6.45, 7) is 8.96. The van der Waals surface area contributed by atoms with Gasteiger partial charge in [0.25, 0.3) is 0 Å². The fourth-order valence-electron chi connectivity index (χ4n) is 3.46. The molecule has 1 N–H and O–H groups in total. The normalized spacial score (nSPS) is 31.6. The number of rotatable bonds is 5. The summed E-state index contributed by atoms with van der Waals surface area (Å²) in [5, 5.41) is 3.53. The maximum atomic E-state index is 3.53. The summed E-state index contributed by atoms with van der Waals surface area (Å²) >= 11 is 0. The molecule has 2 nitrogen and oxygen atoms in total. The summed E-state index contributed by atoms with van der Waals surface area (Å²) in [5.74, 6) is 1.95. The van der Waals surface area contributed by atoms with Gasteiger partial charge >= 0.3 is 0 Å². The van der Waals surface area contributed by atoms with Crippen molar-refractivity contribution in [3.63, 3.8) is 0 Å². The quantitative estimate of drug-likeness (QED) is 0.792. The first-order valence-electron chi connectivity index (χ1n) is 7.81. The van der Waals surface area contributed by atoms with Crippen molar-refractivity contribution < 1.29 is 0 Å². The maximum absolute atomic E-state index is 3.53. The van der Waals surface area contributed by atoms with Crippen LogP contribution in [0.2, 0.25) is 0 Å². The summed E-state index contributed by atoms with van der Waals surface area (Å²) in [6.07, 6.45) is 10.0. The smallest absolute Gasteiger partial charge is 0.000956 e. The number of likely N-dealkylation sites (tertiary alicyclic amines) is 1. The van der Waals surface area contributed by atoms with E-state index in [1.807, 2.05) is 0 Å². The molecule has 0 aromatic heterocycles. The van der Waals surface area contributed by atoms with Crippen LogP contribution in [0.3, 0.4) is 0 Å². The molecule has 2 heterocycles. The molecule has 2 aliphatic heterocycles. The van der Waals surface area contributed by atoms with E-state index in [0.29, 0.717) is 0 Å². The molecule has 0 spiro atoms. The first kappa shape index (κ1) is 13.4. The van der Waals surface area contributed by atoms with Crippen LogP contribution < -0.4 is 5.32 Å². The highest BCUT2D eigenvalue weighted by atomic mass is 15.1. The third-order valence-electron chi connectivity index (χ3n) is 4.67. The van der Waals surface area contributed by atoms with Crippen LogP contribution in [-0.2, 0) is 0 Å². The monoisotopic (exact) mass is 238 g/mol. The Morgan fingerprint density at radius 3 is 2.82 bits per heavy atom. The van der Waals surface area contributed by atoms with E-state index in [1.54, 1.807) is 0 Å². The summed E-state index contributed by atoms with van der Waals surface area (Å²) < 4.78 is 0. The molecule has 2 fully saturated rings. The third kappa shape index (κ3) is 4.59. The molecule has 0 aliphatic carbocycles. The van der Waals surface area contributed by atoms with Gasteiger partial charge < -0.3 is 10.2 Å². The lowest BCUT2D eigenvalue weighted by molar-refractivity contribution is 0.165. The van der Waals surface area contributed by atoms with E-state index in [-0.39, 0.29) is 0 Å². The lowest BCUT2D eigenvalue weighted by atomic mass is 9.93. The number of piperidine rings is 2. The number of hydrogen-bond donors (Lipinski definition) is 1. The highest BCUT2D eigenvalue weighted by molar-refractivity contribution is 4.73. The van der Waals surface area contributed by atoms with Crippen molar-refractivity contribution in [3.05, 3.63) is 0 Å². The molecule has 17 heavy (non-hydrogen) atoms. The van der Waals surface area contributed by atoms with Crippen LogP contribution in [-0.4, -0.2) is 37.6 Å². The topological polar surface area (TPSA) is 15.3 Å². The minimum absolute atomic E-state index is 0.968. The molecule has 100 valence electrons. The Balaban J connectivity index is 1.57. The highest BCUT2D eigenvalue weighted by Crippen LogP contribution is 2.21. The Morgan fingerprint density at radius 1 is 1.18 bits per heavy atom. The first-order chi connectivity index (χ1) is 8.38. The predicted octanol–water partition coefficient (Wildman–Crippen LogP) is 2.89. The van der Waals surface area contributed by atoms with E-state index < -0.39 is 0 Å². The van der Waals surface area contributed by atoms with Crippen LogP contribution in [0.4, 0.5) is 0 Å². The van der Waals surface area contributed by atoms with Gasteiger partial charge in [-0.15, -0.1) is 0 Å². The van der Waals surface area contributed by atoms with E-state index in [0.717, 1.165) is 11.8 Å². The zero-order valence-corrected chi connectivity index (χ0v) is 11.6. The van der Waals surface area contributed by atoms with Gasteiger partial charge in [-0.3, -0.25) is 0 Å². The van der Waals surface area contributed by atoms with Gasteiger partial charge in [-0.2, -0.15) is 0 Å². The van der Waals surface area contributed by atoms with Crippen LogP contribution in [0.25, 0.3) is 0 Å². The van der Waals surface area contributed by atoms with Gasteiger partial charge in [0.05, 0.1) is 0 Å². The van der Waals surface area contributed by atoms with Crippen molar-refractivity contribution in [2.24, 2.45) is 11.8 Å². The number of nitrogens with one attached hydrogen (secondary N) is 1. The van der Waals surface area contributed by atoms with Crippen molar-refractivity contribution in [3.8, 4) is 0 Å². The van der Waals surface area contributed by atoms with Crippen molar-refractivity contribution in [1.29, 1.82) is 0 Å². The average molecular weight is 238 g/mol. The number of nitrogens with zero attached hydrogens (tertiary/aromatic N) is 1. The van der Waals surface area contributed by atoms with Gasteiger partial charge in [0, 0.05) is 6.54 Å². The fraction of sp³-hybridized carbons (Fsp3) is 1.00. The fourth-order valence-corrected chi connectivity index (χ4v) is 3.46. The largest absolute Gasteiger partial charge is 0.316 e. The molecular formula is C15H30N2. The molecule has 2 aliphatic rings. The molecule has 2 unspecified atom stereocenters. The van der Waals surface area contributed by atoms with Crippen LogP contribution in [0, 0.1) is 11.8 Å². The van der Waals surface area contributed by atoms with Crippen molar-refractivity contribution in [2.75, 3.05) is 32.7 Å². The van der Waals surface area contributed by atoms with E-state index in [2.05, 4.69) is 17.1 Å². The first-order valence-corrected chi connectivity index (χ1v) is 7.81. The molecule has 0 aromatic carbocycles. The Labute approximate surface area is 107 Å². The molecule has 0 bridgehead atoms. The van der Waals surface area contributed by atoms with E-state index >= 15 is 0 Å². The van der Waals surface area contributed by atoms with Gasteiger partial charge in [0.1, 0.15) is 0 Å². The third-order valence-corrected chi connectivity index (χ3v) is 4.67. The standard InChI is InChI=1S/C15H30N2/c1-2-14-7-4-10-17(13-14)11-5-8-15-6-3-9-16-12-15/h14-16H,2-13H2,1H3. The van der Waals surface area contributed by atoms with Crippen LogP contribution >= 0.6 is 0 Å². The van der Waals surface area contributed by atoms with Gasteiger partial charge in [0.15, 0.2) is 0 Å². The molecule has 2 saturated heterocycles. The highest BCUT2D eigenvalue weighted by Gasteiger charge is 2.18. The molecule has 2 heteroatoms. The molecule has 2 rings (SSSR count). The van der Waals surface area contributed by atoms with Gasteiger partial charge in [-0.25, -0.2) is 0 Å². The van der Waals surface area contributed by atoms with Crippen LogP contribution in [0.15, 0.2) is 0 Å². The SMILES string of the molecule is CCC1CCCN(CCCC2CCCNC2)C1. The van der Waals surface area contributed by atoms with Gasteiger partial charge in [-0.05, 0) is 76.5 Å². The van der Waals surface area contributed by atoms with Crippen molar-refractivity contribution >= 4 is 0 Å². The van der Waals surface area contributed by atoms with Gasteiger partial charge in [-0.1, -0.05) is 13.3 Å². The second kappa shape index (κ2) is 7.38. The van der Waals surface area contributed by atoms with E-state index in [9.17, 15) is 0 Å². The lowest BCUT2D eigenvalue weighted by Crippen LogP contribution is -2.36. The Kier molecular flexibility index (Phi) is 5.79. The minimum Gasteiger partial charge on any atom is -0.316 e. The lowest BCUT2D eigenvalue weighted by Gasteiger charge is -2.32. The molecule has 0 amide bonds. The second-order valence-corrected chi connectivity index (χ2v) is 6.07. The van der Waals surface area contributed by atoms with E-state index in [1.165, 1.54) is 77.7 Å². The molecule has 2 atom stereocenters. The number of hydrogen-bond acceptors (Lipinski definition) is 2. The molecule has 0 aromatic rings. The van der Waals surface area contributed by atoms with Crippen molar-refractivity contribution in [1.82, 2.24) is 10.2 Å². The zero-order valence-electron chi connectivity index (χ0n) is 11.6. The van der Waals surface area contributed by atoms with Crippen LogP contribution in [0.1, 0.15) is 51.9 Å². The van der Waals surface area contributed by atoms with Crippen LogP contribution in [0.5, 0.6) is 0 Å². The summed E-state index contributed by atoms with van der Waals surface area (Å²) in [4.78, 5) is 2.72. The molecule has 0 saturated carbocycles. The predicted molar refractivity (Wildman–Crippen MR) is 74.3 cm³/mol. The molecular weight excluding hydrogens is 208 g/mol. The Bertz CT molecular complexity index is 199. The Hall–Kier alpha value is -0.0800.